The lowest BCUT2D eigenvalue weighted by Gasteiger charge is -2.23. The Balaban J connectivity index is 1.78. The van der Waals surface area contributed by atoms with Gasteiger partial charge in [-0.2, -0.15) is 13.2 Å². The molecule has 3 aromatic rings. The average Bonchev–Trinajstić information content (AvgIpc) is 2.78. The Kier molecular flexibility index (Phi) is 8.59. The molecule has 3 aromatic carbocycles. The van der Waals surface area contributed by atoms with Crippen LogP contribution >= 0.6 is 0 Å². The van der Waals surface area contributed by atoms with Gasteiger partial charge in [0, 0.05) is 12.6 Å². The molecule has 0 aliphatic carbocycles. The van der Waals surface area contributed by atoms with Crippen LogP contribution in [0.2, 0.25) is 0 Å². The molecule has 2 unspecified atom stereocenters. The SMILES string of the molecule is CS(=O)(=O)Nc1cc(CC(O)CNC(Cc2ccccc2)c2ccc(F)c(C(F)(F)F)c2)ccc1O. The summed E-state index contributed by atoms with van der Waals surface area (Å²) in [5.41, 5.74) is 0.161. The fourth-order valence-corrected chi connectivity index (χ4v) is 4.31. The van der Waals surface area contributed by atoms with Gasteiger partial charge in [0.2, 0.25) is 10.0 Å². The number of anilines is 1. The normalized spacial score (nSPS) is 13.8. The van der Waals surface area contributed by atoms with Gasteiger partial charge in [0.15, 0.2) is 0 Å². The number of benzene rings is 3. The maximum atomic E-state index is 13.8. The number of rotatable bonds is 10. The standard InChI is InChI=1S/C25H26F4N2O4S/c1-36(34,35)31-23-13-17(7-10-24(23)33)11-19(32)15-30-22(12-16-5-3-2-4-6-16)18-8-9-21(26)20(14-18)25(27,28)29/h2-10,13-14,19,22,30-33H,11-12,15H2,1H3. The Morgan fingerprint density at radius 3 is 2.28 bits per heavy atom. The van der Waals surface area contributed by atoms with Crippen LogP contribution in [0.3, 0.4) is 0 Å². The summed E-state index contributed by atoms with van der Waals surface area (Å²) in [6, 6.07) is 15.4. The lowest BCUT2D eigenvalue weighted by Crippen LogP contribution is -2.33. The lowest BCUT2D eigenvalue weighted by atomic mass is 9.96. The highest BCUT2D eigenvalue weighted by atomic mass is 32.2. The van der Waals surface area contributed by atoms with Gasteiger partial charge in [0.1, 0.15) is 11.6 Å². The van der Waals surface area contributed by atoms with E-state index >= 15 is 0 Å². The van der Waals surface area contributed by atoms with Crippen LogP contribution in [0.25, 0.3) is 0 Å². The molecule has 0 saturated carbocycles. The third-order valence-corrected chi connectivity index (χ3v) is 6.00. The number of sulfonamides is 1. The van der Waals surface area contributed by atoms with Crippen LogP contribution in [0.1, 0.15) is 28.3 Å². The smallest absolute Gasteiger partial charge is 0.419 e. The van der Waals surface area contributed by atoms with Crippen LogP contribution in [-0.4, -0.2) is 37.5 Å². The molecule has 4 N–H and O–H groups in total. The molecule has 0 aliphatic rings. The van der Waals surface area contributed by atoms with E-state index in [1.54, 1.807) is 18.2 Å². The number of phenols is 1. The fourth-order valence-electron chi connectivity index (χ4n) is 3.75. The Morgan fingerprint density at radius 1 is 0.944 bits per heavy atom. The number of phenolic OH excluding ortho intramolecular Hbond substituents is 1. The molecular formula is C25H26F4N2O4S. The maximum absolute atomic E-state index is 13.8. The van der Waals surface area contributed by atoms with E-state index in [9.17, 15) is 36.2 Å². The number of aromatic hydroxyl groups is 1. The molecule has 0 bridgehead atoms. The van der Waals surface area contributed by atoms with Gasteiger partial charge in [0.05, 0.1) is 23.6 Å². The second kappa shape index (κ2) is 11.3. The summed E-state index contributed by atoms with van der Waals surface area (Å²) in [6.07, 6.45) is -4.56. The average molecular weight is 527 g/mol. The molecule has 3 rings (SSSR count). The second-order valence-electron chi connectivity index (χ2n) is 8.47. The molecule has 11 heteroatoms. The van der Waals surface area contributed by atoms with Crippen molar-refractivity contribution < 1.29 is 36.2 Å². The van der Waals surface area contributed by atoms with Crippen LogP contribution in [0.5, 0.6) is 5.75 Å². The number of nitrogens with one attached hydrogen (secondary N) is 2. The summed E-state index contributed by atoms with van der Waals surface area (Å²) in [6.45, 7) is -0.0219. The third-order valence-electron chi connectivity index (χ3n) is 5.41. The Hall–Kier alpha value is -3.15. The van der Waals surface area contributed by atoms with Gasteiger partial charge >= 0.3 is 6.18 Å². The number of alkyl halides is 3. The minimum atomic E-state index is -4.85. The molecule has 194 valence electrons. The first-order chi connectivity index (χ1) is 16.8. The zero-order valence-electron chi connectivity index (χ0n) is 19.3. The summed E-state index contributed by atoms with van der Waals surface area (Å²) in [5.74, 6) is -1.65. The zero-order chi connectivity index (χ0) is 26.5. The summed E-state index contributed by atoms with van der Waals surface area (Å²) < 4.78 is 78.8. The summed E-state index contributed by atoms with van der Waals surface area (Å²) in [5, 5.41) is 23.5. The number of aliphatic hydroxyl groups excluding tert-OH is 1. The van der Waals surface area contributed by atoms with Crippen molar-refractivity contribution in [2.45, 2.75) is 31.2 Å². The highest BCUT2D eigenvalue weighted by Gasteiger charge is 2.34. The minimum absolute atomic E-state index is 0.0219. The second-order valence-corrected chi connectivity index (χ2v) is 10.2. The summed E-state index contributed by atoms with van der Waals surface area (Å²) in [7, 11) is -3.64. The molecule has 36 heavy (non-hydrogen) atoms. The zero-order valence-corrected chi connectivity index (χ0v) is 20.1. The van der Waals surface area contributed by atoms with Crippen LogP contribution in [0, 0.1) is 5.82 Å². The predicted molar refractivity (Wildman–Crippen MR) is 129 cm³/mol. The van der Waals surface area contributed by atoms with Crippen molar-refractivity contribution in [3.63, 3.8) is 0 Å². The van der Waals surface area contributed by atoms with Crippen molar-refractivity contribution in [1.29, 1.82) is 0 Å². The molecule has 0 fully saturated rings. The van der Waals surface area contributed by atoms with E-state index in [1.165, 1.54) is 24.3 Å². The van der Waals surface area contributed by atoms with Crippen molar-refractivity contribution in [1.82, 2.24) is 5.32 Å². The van der Waals surface area contributed by atoms with Crippen LogP contribution < -0.4 is 10.0 Å². The first kappa shape index (κ1) is 27.4. The topological polar surface area (TPSA) is 98.7 Å². The van der Waals surface area contributed by atoms with E-state index in [1.807, 2.05) is 12.1 Å². The van der Waals surface area contributed by atoms with Crippen LogP contribution in [0.15, 0.2) is 66.7 Å². The van der Waals surface area contributed by atoms with Crippen molar-refractivity contribution in [3.05, 3.63) is 94.8 Å². The van der Waals surface area contributed by atoms with Crippen LogP contribution in [0.4, 0.5) is 23.2 Å². The number of halogens is 4. The fraction of sp³-hybridized carbons (Fsp3) is 0.280. The summed E-state index contributed by atoms with van der Waals surface area (Å²) >= 11 is 0. The number of aliphatic hydroxyl groups is 1. The maximum Gasteiger partial charge on any atom is 0.419 e. The minimum Gasteiger partial charge on any atom is -0.506 e. The van der Waals surface area contributed by atoms with E-state index < -0.39 is 39.7 Å². The molecule has 6 nitrogen and oxygen atoms in total. The highest BCUT2D eigenvalue weighted by molar-refractivity contribution is 7.92. The van der Waals surface area contributed by atoms with Crippen molar-refractivity contribution in [3.8, 4) is 5.75 Å². The van der Waals surface area contributed by atoms with Crippen molar-refractivity contribution >= 4 is 15.7 Å². The van der Waals surface area contributed by atoms with Gasteiger partial charge in [-0.15, -0.1) is 0 Å². The highest BCUT2D eigenvalue weighted by Crippen LogP contribution is 2.33. The molecule has 0 radical (unpaired) electrons. The van der Waals surface area contributed by atoms with E-state index in [4.69, 9.17) is 0 Å². The largest absolute Gasteiger partial charge is 0.506 e. The molecule has 0 spiro atoms. The van der Waals surface area contributed by atoms with Gasteiger partial charge in [-0.05, 0) is 53.8 Å². The number of hydrogen-bond acceptors (Lipinski definition) is 5. The van der Waals surface area contributed by atoms with E-state index in [0.717, 1.165) is 24.0 Å². The molecule has 0 saturated heterocycles. The molecule has 0 amide bonds. The Morgan fingerprint density at radius 2 is 1.64 bits per heavy atom. The van der Waals surface area contributed by atoms with Crippen LogP contribution in [-0.2, 0) is 29.0 Å². The Labute approximate surface area is 206 Å². The summed E-state index contributed by atoms with van der Waals surface area (Å²) in [4.78, 5) is 0. The van der Waals surface area contributed by atoms with E-state index in [0.29, 0.717) is 5.56 Å². The first-order valence-corrected chi connectivity index (χ1v) is 12.8. The third kappa shape index (κ3) is 7.94. The van der Waals surface area contributed by atoms with Gasteiger partial charge in [0.25, 0.3) is 0 Å². The molecule has 2 atom stereocenters. The van der Waals surface area contributed by atoms with Crippen molar-refractivity contribution in [2.24, 2.45) is 0 Å². The Bertz CT molecular complexity index is 1280. The van der Waals surface area contributed by atoms with Gasteiger partial charge in [-0.25, -0.2) is 12.8 Å². The quantitative estimate of drug-likeness (QED) is 0.232. The van der Waals surface area contributed by atoms with E-state index in [2.05, 4.69) is 10.0 Å². The first-order valence-electron chi connectivity index (χ1n) is 10.9. The monoisotopic (exact) mass is 526 g/mol. The molecule has 0 aliphatic heterocycles. The number of hydrogen-bond donors (Lipinski definition) is 4. The van der Waals surface area contributed by atoms with E-state index in [-0.39, 0.29) is 36.4 Å². The van der Waals surface area contributed by atoms with Crippen molar-refractivity contribution in [2.75, 3.05) is 17.5 Å². The lowest BCUT2D eigenvalue weighted by molar-refractivity contribution is -0.140. The van der Waals surface area contributed by atoms with Gasteiger partial charge in [-0.3, -0.25) is 4.72 Å². The molecule has 0 heterocycles. The van der Waals surface area contributed by atoms with Gasteiger partial charge in [-0.1, -0.05) is 42.5 Å². The van der Waals surface area contributed by atoms with Gasteiger partial charge < -0.3 is 15.5 Å². The molecular weight excluding hydrogens is 500 g/mol. The molecule has 0 aromatic heterocycles. The predicted octanol–water partition coefficient (Wildman–Crippen LogP) is 4.40.